The Morgan fingerprint density at radius 1 is 0.351 bits per heavy atom. The van der Waals surface area contributed by atoms with Crippen LogP contribution in [0.4, 0.5) is 0 Å². The number of hydrogen-bond donors (Lipinski definition) is 4. The summed E-state index contributed by atoms with van der Waals surface area (Å²) in [7, 11) is -4.40. The molecule has 0 rings (SSSR count). The molecule has 0 aliphatic heterocycles. The highest BCUT2D eigenvalue weighted by Gasteiger charge is 2.11. The highest BCUT2D eigenvalue weighted by Crippen LogP contribution is 2.35. The Morgan fingerprint density at radius 2 is 0.526 bits per heavy atom. The van der Waals surface area contributed by atoms with Crippen LogP contribution in [0, 0.1) is 0 Å². The zero-order chi connectivity index (χ0) is 41.5. The van der Waals surface area contributed by atoms with Crippen LogP contribution in [-0.2, 0) is 9.09 Å². The molecule has 0 aliphatic carbocycles. The smallest absolute Gasteiger partial charge is 0.344 e. The molecule has 0 saturated carbocycles. The number of hydrogen-bond acceptors (Lipinski definition) is 4. The van der Waals surface area contributed by atoms with Crippen molar-refractivity contribution >= 4 is 7.82 Å². The Bertz CT molecular complexity index is 1460. The van der Waals surface area contributed by atoms with E-state index in [4.69, 9.17) is 9.79 Å². The van der Waals surface area contributed by atoms with E-state index in [-0.39, 0.29) is 18.9 Å². The zero-order valence-corrected chi connectivity index (χ0v) is 39.7. The van der Waals surface area contributed by atoms with Crippen molar-refractivity contribution in [2.45, 2.75) is 192 Å². The summed E-state index contributed by atoms with van der Waals surface area (Å²) in [5.41, 5.74) is 14.4. The first kappa shape index (κ1) is 58.7. The van der Waals surface area contributed by atoms with Gasteiger partial charge in [0.25, 0.3) is 0 Å². The average molecular weight is 813 g/mol. The van der Waals surface area contributed by atoms with Crippen LogP contribution >= 0.6 is 7.82 Å². The van der Waals surface area contributed by atoms with Crippen molar-refractivity contribution in [3.8, 4) is 0 Å². The molecule has 57 heavy (non-hydrogen) atoms. The number of phosphoric acid groups is 1. The van der Waals surface area contributed by atoms with Gasteiger partial charge in [0.05, 0.1) is 6.61 Å². The standard InChI is InChI=1S/C50H83O4P.2H3N/c1-41(2)21-12-22-42(3)23-13-24-43(4)25-14-26-44(5)27-15-28-45(6)29-16-30-46(7)31-17-32-47(8)33-18-34-48(9)35-19-36-49(10)37-20-38-50(11)39-40-54-55(51,52)53;;/h21,23,25,27,29,31,33,35,37,39H,12-20,22,24,26,28,30,32,34,36,38,40H2,1-11H3,(H2,51,52,53);2*1H3/b42-23-,43-25-,44-27-,45-29-,46-31-,47-33-,48-35-,49-37-,50-39-;;. The van der Waals surface area contributed by atoms with Crippen LogP contribution in [0.1, 0.15) is 192 Å². The van der Waals surface area contributed by atoms with Crippen molar-refractivity contribution in [2.75, 3.05) is 6.61 Å². The molecule has 0 atom stereocenters. The molecule has 0 fully saturated rings. The molecular weight excluding hydrogens is 724 g/mol. The molecule has 6 nitrogen and oxygen atoms in total. The largest absolute Gasteiger partial charge is 0.469 e. The summed E-state index contributed by atoms with van der Waals surface area (Å²) in [6.45, 7) is 24.4. The van der Waals surface area contributed by atoms with Crippen LogP contribution in [0.25, 0.3) is 0 Å². The van der Waals surface area contributed by atoms with Gasteiger partial charge in [-0.1, -0.05) is 116 Å². The van der Waals surface area contributed by atoms with Gasteiger partial charge in [0, 0.05) is 0 Å². The van der Waals surface area contributed by atoms with E-state index in [1.165, 1.54) is 69.4 Å². The Labute approximate surface area is 352 Å². The molecule has 0 aromatic heterocycles. The van der Waals surface area contributed by atoms with Gasteiger partial charge in [-0.05, 0) is 192 Å². The fourth-order valence-electron chi connectivity index (χ4n) is 6.15. The predicted octanol–water partition coefficient (Wildman–Crippen LogP) is 16.9. The molecule has 8 N–H and O–H groups in total. The van der Waals surface area contributed by atoms with Gasteiger partial charge in [0.15, 0.2) is 0 Å². The molecule has 0 bridgehead atoms. The van der Waals surface area contributed by atoms with Crippen molar-refractivity contribution in [3.63, 3.8) is 0 Å². The van der Waals surface area contributed by atoms with Crippen LogP contribution < -0.4 is 12.3 Å². The first-order chi connectivity index (χ1) is 26.0. The molecule has 328 valence electrons. The third kappa shape index (κ3) is 41.4. The van der Waals surface area contributed by atoms with Crippen LogP contribution in [0.5, 0.6) is 0 Å². The van der Waals surface area contributed by atoms with E-state index in [1.54, 1.807) is 6.08 Å². The summed E-state index contributed by atoms with van der Waals surface area (Å²) in [5.74, 6) is 0. The quantitative estimate of drug-likeness (QED) is 0.0421. The maximum absolute atomic E-state index is 10.8. The van der Waals surface area contributed by atoms with Crippen LogP contribution in [0.3, 0.4) is 0 Å². The topological polar surface area (TPSA) is 137 Å². The van der Waals surface area contributed by atoms with Gasteiger partial charge in [-0.2, -0.15) is 0 Å². The normalized spacial score (nSPS) is 14.4. The second-order valence-electron chi connectivity index (χ2n) is 16.4. The van der Waals surface area contributed by atoms with Gasteiger partial charge in [0.2, 0.25) is 0 Å². The Balaban J connectivity index is -0.0000146. The van der Waals surface area contributed by atoms with Crippen LogP contribution in [0.2, 0.25) is 0 Å². The van der Waals surface area contributed by atoms with Crippen molar-refractivity contribution in [1.82, 2.24) is 12.3 Å². The lowest BCUT2D eigenvalue weighted by Gasteiger charge is -2.04. The fraction of sp³-hybridized carbons (Fsp3) is 0.600. The Morgan fingerprint density at radius 3 is 0.702 bits per heavy atom. The molecular formula is C50H89N2O4P. The second kappa shape index (κ2) is 36.5. The summed E-state index contributed by atoms with van der Waals surface area (Å²) in [6.07, 6.45) is 43.3. The van der Waals surface area contributed by atoms with Gasteiger partial charge in [-0.15, -0.1) is 0 Å². The summed E-state index contributed by atoms with van der Waals surface area (Å²) < 4.78 is 15.2. The summed E-state index contributed by atoms with van der Waals surface area (Å²) >= 11 is 0. The van der Waals surface area contributed by atoms with E-state index in [0.717, 1.165) is 102 Å². The summed E-state index contributed by atoms with van der Waals surface area (Å²) in [4.78, 5) is 17.5. The van der Waals surface area contributed by atoms with E-state index >= 15 is 0 Å². The highest BCUT2D eigenvalue weighted by atomic mass is 31.2. The van der Waals surface area contributed by atoms with E-state index in [0.29, 0.717) is 0 Å². The molecule has 0 spiro atoms. The zero-order valence-electron chi connectivity index (χ0n) is 38.8. The van der Waals surface area contributed by atoms with Gasteiger partial charge < -0.3 is 22.1 Å². The van der Waals surface area contributed by atoms with Crippen molar-refractivity contribution in [3.05, 3.63) is 116 Å². The third-order valence-electron chi connectivity index (χ3n) is 10.0. The lowest BCUT2D eigenvalue weighted by molar-refractivity contribution is 0.215. The van der Waals surface area contributed by atoms with Crippen LogP contribution in [-0.4, -0.2) is 16.4 Å². The summed E-state index contributed by atoms with van der Waals surface area (Å²) in [6, 6.07) is 0. The van der Waals surface area contributed by atoms with Crippen LogP contribution in [0.15, 0.2) is 116 Å². The molecule has 0 radical (unpaired) electrons. The van der Waals surface area contributed by atoms with E-state index in [9.17, 15) is 4.57 Å². The number of allylic oxidation sites excluding steroid dienone is 19. The number of rotatable bonds is 30. The van der Waals surface area contributed by atoms with Crippen molar-refractivity contribution in [1.29, 1.82) is 0 Å². The highest BCUT2D eigenvalue weighted by molar-refractivity contribution is 7.46. The minimum absolute atomic E-state index is 0. The maximum Gasteiger partial charge on any atom is 0.469 e. The third-order valence-corrected chi connectivity index (χ3v) is 10.5. The molecule has 0 aliphatic rings. The minimum Gasteiger partial charge on any atom is -0.344 e. The van der Waals surface area contributed by atoms with Gasteiger partial charge in [-0.3, -0.25) is 4.52 Å². The molecule has 7 heteroatoms. The molecule has 0 saturated heterocycles. The molecule has 0 aromatic carbocycles. The first-order valence-electron chi connectivity index (χ1n) is 21.2. The summed E-state index contributed by atoms with van der Waals surface area (Å²) in [5, 5.41) is 0. The fourth-order valence-corrected chi connectivity index (χ4v) is 6.42. The molecule has 0 amide bonds. The maximum atomic E-state index is 10.8. The van der Waals surface area contributed by atoms with Crippen molar-refractivity contribution < 1.29 is 18.9 Å². The Hall–Kier alpha value is -2.57. The first-order valence-corrected chi connectivity index (χ1v) is 22.7. The number of phosphoric ester groups is 1. The van der Waals surface area contributed by atoms with Gasteiger partial charge >= 0.3 is 7.82 Å². The van der Waals surface area contributed by atoms with E-state index in [2.05, 4.69) is 128 Å². The lowest BCUT2D eigenvalue weighted by Crippen LogP contribution is -1.89. The molecule has 0 heterocycles. The Kier molecular flexibility index (Phi) is 37.6. The second-order valence-corrected chi connectivity index (χ2v) is 17.6. The minimum atomic E-state index is -4.40. The lowest BCUT2D eigenvalue weighted by atomic mass is 10.0. The monoisotopic (exact) mass is 813 g/mol. The average Bonchev–Trinajstić information content (AvgIpc) is 3.07. The van der Waals surface area contributed by atoms with Gasteiger partial charge in [0.1, 0.15) is 0 Å². The van der Waals surface area contributed by atoms with E-state index in [1.807, 2.05) is 6.92 Å². The SMILES string of the molecule is CC(C)=CCC/C(C)=C\CC/C(C)=C\CC/C(C)=C\CC/C(C)=C\CC/C(C)=C\CC/C(C)=C\CC/C(C)=C\CC/C(C)=C\CC/C(C)=C\COP(=O)(O)O.N.N. The van der Waals surface area contributed by atoms with Gasteiger partial charge in [-0.25, -0.2) is 4.57 Å². The molecule has 0 unspecified atom stereocenters. The van der Waals surface area contributed by atoms with Crippen molar-refractivity contribution in [2.24, 2.45) is 0 Å². The van der Waals surface area contributed by atoms with E-state index < -0.39 is 7.82 Å². The predicted molar refractivity (Wildman–Crippen MR) is 254 cm³/mol. The molecule has 0 aromatic rings.